The molecule has 0 saturated heterocycles. The van der Waals surface area contributed by atoms with Gasteiger partial charge in [0.05, 0.1) is 6.07 Å². The number of rotatable bonds is 7. The molecule has 1 N–H and O–H groups in total. The minimum Gasteiger partial charge on any atom is -0.296 e. The molecule has 1 unspecified atom stereocenters. The van der Waals surface area contributed by atoms with E-state index in [1.165, 1.54) is 0 Å². The highest BCUT2D eigenvalue weighted by Gasteiger charge is 2.46. The van der Waals surface area contributed by atoms with Gasteiger partial charge < -0.3 is 0 Å². The number of hydrogen-bond acceptors (Lipinski definition) is 7. The third-order valence-corrected chi connectivity index (χ3v) is 6.23. The molecule has 0 amide bonds. The summed E-state index contributed by atoms with van der Waals surface area (Å²) in [7, 11) is 0. The summed E-state index contributed by atoms with van der Waals surface area (Å²) < 4.78 is 1.93. The molecule has 19 heavy (non-hydrogen) atoms. The maximum absolute atomic E-state index is 9.60. The fourth-order valence-corrected chi connectivity index (χ4v) is 4.68. The SMILES string of the molecule is CSc1nnc(SCC(C#N)(NC(C)C)C2CC2)s1. The van der Waals surface area contributed by atoms with Crippen LogP contribution in [0.3, 0.4) is 0 Å². The number of nitrogens with one attached hydrogen (secondary N) is 1. The monoisotopic (exact) mass is 314 g/mol. The van der Waals surface area contributed by atoms with Crippen molar-refractivity contribution in [2.75, 3.05) is 12.0 Å². The van der Waals surface area contributed by atoms with Gasteiger partial charge in [-0.05, 0) is 38.9 Å². The van der Waals surface area contributed by atoms with Crippen LogP contribution in [-0.4, -0.2) is 33.8 Å². The standard InChI is InChI=1S/C12H18N4S3/c1-8(2)14-12(6-13,9-4-5-9)7-18-11-16-15-10(17-3)19-11/h8-9,14H,4-5,7H2,1-3H3. The molecule has 1 atom stereocenters. The lowest BCUT2D eigenvalue weighted by atomic mass is 9.96. The minimum absolute atomic E-state index is 0.317. The van der Waals surface area contributed by atoms with Gasteiger partial charge >= 0.3 is 0 Å². The number of nitrogens with zero attached hydrogens (tertiary/aromatic N) is 3. The van der Waals surface area contributed by atoms with E-state index in [9.17, 15) is 5.26 Å². The van der Waals surface area contributed by atoms with E-state index in [-0.39, 0.29) is 0 Å². The van der Waals surface area contributed by atoms with E-state index in [1.807, 2.05) is 6.26 Å². The Labute approximate surface area is 126 Å². The molecule has 0 spiro atoms. The highest BCUT2D eigenvalue weighted by Crippen LogP contribution is 2.42. The zero-order valence-corrected chi connectivity index (χ0v) is 13.8. The van der Waals surface area contributed by atoms with Gasteiger partial charge in [0.25, 0.3) is 0 Å². The normalized spacial score (nSPS) is 18.3. The summed E-state index contributed by atoms with van der Waals surface area (Å²) in [5, 5.41) is 21.3. The third kappa shape index (κ3) is 3.85. The van der Waals surface area contributed by atoms with Crippen molar-refractivity contribution in [3.8, 4) is 6.07 Å². The molecule has 104 valence electrons. The van der Waals surface area contributed by atoms with E-state index in [0.717, 1.165) is 27.3 Å². The van der Waals surface area contributed by atoms with Crippen molar-refractivity contribution < 1.29 is 0 Å². The first-order valence-corrected chi connectivity index (χ1v) is 9.31. The first-order valence-electron chi connectivity index (χ1n) is 6.29. The maximum Gasteiger partial charge on any atom is 0.175 e. The van der Waals surface area contributed by atoms with Gasteiger partial charge in [0.15, 0.2) is 8.68 Å². The van der Waals surface area contributed by atoms with Gasteiger partial charge in [-0.1, -0.05) is 34.9 Å². The minimum atomic E-state index is -0.413. The molecule has 1 heterocycles. The fourth-order valence-electron chi connectivity index (χ4n) is 2.04. The Morgan fingerprint density at radius 2 is 2.16 bits per heavy atom. The van der Waals surface area contributed by atoms with Crippen molar-refractivity contribution in [1.29, 1.82) is 5.26 Å². The van der Waals surface area contributed by atoms with Gasteiger partial charge in [-0.2, -0.15) is 5.26 Å². The van der Waals surface area contributed by atoms with Crippen molar-refractivity contribution >= 4 is 34.9 Å². The summed E-state index contributed by atoms with van der Waals surface area (Å²) in [4.78, 5) is 0. The summed E-state index contributed by atoms with van der Waals surface area (Å²) >= 11 is 4.86. The van der Waals surface area contributed by atoms with Gasteiger partial charge in [0, 0.05) is 11.8 Å². The topological polar surface area (TPSA) is 61.6 Å². The molecule has 1 aromatic rings. The maximum atomic E-state index is 9.60. The zero-order valence-electron chi connectivity index (χ0n) is 11.3. The smallest absolute Gasteiger partial charge is 0.175 e. The second-order valence-electron chi connectivity index (χ2n) is 4.98. The molecular formula is C12H18N4S3. The van der Waals surface area contributed by atoms with Crippen LogP contribution in [0.1, 0.15) is 26.7 Å². The molecule has 0 aliphatic heterocycles. The molecule has 2 rings (SSSR count). The second-order valence-corrected chi connectivity index (χ2v) is 8.24. The van der Waals surface area contributed by atoms with E-state index in [2.05, 4.69) is 35.4 Å². The van der Waals surface area contributed by atoms with Crippen LogP contribution < -0.4 is 5.32 Å². The van der Waals surface area contributed by atoms with Crippen molar-refractivity contribution in [3.63, 3.8) is 0 Å². The predicted octanol–water partition coefficient (Wildman–Crippen LogP) is 3.02. The number of aromatic nitrogens is 2. The fraction of sp³-hybridized carbons (Fsp3) is 0.750. The van der Waals surface area contributed by atoms with Gasteiger partial charge in [-0.3, -0.25) is 5.32 Å². The van der Waals surface area contributed by atoms with Gasteiger partial charge in [0.1, 0.15) is 5.54 Å². The second kappa shape index (κ2) is 6.44. The van der Waals surface area contributed by atoms with Crippen molar-refractivity contribution in [2.24, 2.45) is 5.92 Å². The first-order chi connectivity index (χ1) is 9.09. The first kappa shape index (κ1) is 15.1. The molecule has 0 radical (unpaired) electrons. The van der Waals surface area contributed by atoms with Crippen molar-refractivity contribution in [2.45, 2.75) is 46.9 Å². The van der Waals surface area contributed by atoms with Crippen LogP contribution in [-0.2, 0) is 0 Å². The van der Waals surface area contributed by atoms with E-state index in [1.54, 1.807) is 34.9 Å². The Bertz CT molecular complexity index is 464. The van der Waals surface area contributed by atoms with E-state index >= 15 is 0 Å². The van der Waals surface area contributed by atoms with Crippen LogP contribution in [0.15, 0.2) is 8.68 Å². The quantitative estimate of drug-likeness (QED) is 0.781. The van der Waals surface area contributed by atoms with Crippen LogP contribution in [0.2, 0.25) is 0 Å². The number of thioether (sulfide) groups is 2. The molecule has 0 bridgehead atoms. The molecule has 1 saturated carbocycles. The van der Waals surface area contributed by atoms with Gasteiger partial charge in [0.2, 0.25) is 0 Å². The molecule has 4 nitrogen and oxygen atoms in total. The average molecular weight is 315 g/mol. The summed E-state index contributed by atoms with van der Waals surface area (Å²) in [6.45, 7) is 4.19. The van der Waals surface area contributed by atoms with Crippen LogP contribution in [0.25, 0.3) is 0 Å². The highest BCUT2D eigenvalue weighted by atomic mass is 32.2. The molecule has 7 heteroatoms. The average Bonchev–Trinajstić information content (AvgIpc) is 3.14. The Hall–Kier alpha value is -0.290. The van der Waals surface area contributed by atoms with Crippen LogP contribution in [0.4, 0.5) is 0 Å². The number of hydrogen-bond donors (Lipinski definition) is 1. The van der Waals surface area contributed by atoms with E-state index in [0.29, 0.717) is 12.0 Å². The summed E-state index contributed by atoms with van der Waals surface area (Å²) in [5.74, 6) is 1.23. The van der Waals surface area contributed by atoms with E-state index < -0.39 is 5.54 Å². The van der Waals surface area contributed by atoms with Crippen LogP contribution in [0.5, 0.6) is 0 Å². The largest absolute Gasteiger partial charge is 0.296 e. The Morgan fingerprint density at radius 1 is 1.47 bits per heavy atom. The van der Waals surface area contributed by atoms with Crippen LogP contribution in [0, 0.1) is 17.2 Å². The van der Waals surface area contributed by atoms with Gasteiger partial charge in [-0.25, -0.2) is 0 Å². The lowest BCUT2D eigenvalue weighted by Gasteiger charge is -2.29. The lowest BCUT2D eigenvalue weighted by molar-refractivity contribution is 0.370. The summed E-state index contributed by atoms with van der Waals surface area (Å²) in [5.41, 5.74) is -0.413. The Kier molecular flexibility index (Phi) is 5.12. The zero-order chi connectivity index (χ0) is 13.9. The Morgan fingerprint density at radius 3 is 2.63 bits per heavy atom. The number of nitriles is 1. The Balaban J connectivity index is 2.02. The van der Waals surface area contributed by atoms with Crippen molar-refractivity contribution in [1.82, 2.24) is 15.5 Å². The molecule has 1 aromatic heterocycles. The summed E-state index contributed by atoms with van der Waals surface area (Å²) in [6.07, 6.45) is 4.30. The summed E-state index contributed by atoms with van der Waals surface area (Å²) in [6, 6.07) is 2.84. The molecule has 1 aliphatic carbocycles. The molecule has 1 fully saturated rings. The molecular weight excluding hydrogens is 296 g/mol. The molecule has 1 aliphatic rings. The molecule has 0 aromatic carbocycles. The van der Waals surface area contributed by atoms with Crippen molar-refractivity contribution in [3.05, 3.63) is 0 Å². The predicted molar refractivity (Wildman–Crippen MR) is 81.8 cm³/mol. The van der Waals surface area contributed by atoms with Gasteiger partial charge in [-0.15, -0.1) is 10.2 Å². The van der Waals surface area contributed by atoms with Crippen LogP contribution >= 0.6 is 34.9 Å². The van der Waals surface area contributed by atoms with E-state index in [4.69, 9.17) is 0 Å². The third-order valence-electron chi connectivity index (χ3n) is 3.01. The highest BCUT2D eigenvalue weighted by molar-refractivity contribution is 8.03. The lowest BCUT2D eigenvalue weighted by Crippen LogP contribution is -2.51.